The summed E-state index contributed by atoms with van der Waals surface area (Å²) in [5.41, 5.74) is -2.11. The van der Waals surface area contributed by atoms with E-state index in [9.17, 15) is 18.8 Å². The van der Waals surface area contributed by atoms with Crippen LogP contribution in [-0.4, -0.2) is 33.2 Å². The van der Waals surface area contributed by atoms with Gasteiger partial charge in [0.2, 0.25) is 5.82 Å². The molecule has 0 bridgehead atoms. The molecule has 0 unspecified atom stereocenters. The van der Waals surface area contributed by atoms with Crippen molar-refractivity contribution in [3.63, 3.8) is 0 Å². The monoisotopic (exact) mass is 289 g/mol. The average Bonchev–Trinajstić information content (AvgIpc) is 2.30. The second-order valence-electron chi connectivity index (χ2n) is 4.21. The molecular formula is C11H16FN3O5. The van der Waals surface area contributed by atoms with Crippen LogP contribution in [0.2, 0.25) is 0 Å². The predicted octanol–water partition coefficient (Wildman–Crippen LogP) is -0.0197. The van der Waals surface area contributed by atoms with E-state index in [0.29, 0.717) is 17.3 Å². The molecule has 1 aromatic heterocycles. The van der Waals surface area contributed by atoms with Gasteiger partial charge in [0.05, 0.1) is 6.20 Å². The number of carboxylic acid groups (broad SMARTS) is 1. The molecular weight excluding hydrogens is 273 g/mol. The maximum atomic E-state index is 12.8. The summed E-state index contributed by atoms with van der Waals surface area (Å²) in [6, 6.07) is -0.770. The molecule has 112 valence electrons. The van der Waals surface area contributed by atoms with Crippen molar-refractivity contribution < 1.29 is 19.1 Å². The zero-order chi connectivity index (χ0) is 15.9. The van der Waals surface area contributed by atoms with E-state index in [4.69, 9.17) is 9.90 Å². The Labute approximate surface area is 113 Å². The molecule has 9 heteroatoms. The highest BCUT2D eigenvalue weighted by Gasteiger charge is 2.10. The summed E-state index contributed by atoms with van der Waals surface area (Å²) < 4.78 is 13.3. The highest BCUT2D eigenvalue weighted by Crippen LogP contribution is 1.89. The van der Waals surface area contributed by atoms with Crippen LogP contribution in [0.4, 0.5) is 9.18 Å². The highest BCUT2D eigenvalue weighted by molar-refractivity contribution is 5.76. The lowest BCUT2D eigenvalue weighted by atomic mass is 10.2. The third kappa shape index (κ3) is 6.47. The van der Waals surface area contributed by atoms with Crippen molar-refractivity contribution in [1.82, 2.24) is 14.9 Å². The summed E-state index contributed by atoms with van der Waals surface area (Å²) in [5, 5.41) is 9.84. The number of aliphatic carboxylic acids is 1. The molecule has 1 amide bonds. The van der Waals surface area contributed by atoms with Gasteiger partial charge in [0.1, 0.15) is 0 Å². The van der Waals surface area contributed by atoms with Crippen molar-refractivity contribution >= 4 is 12.0 Å². The van der Waals surface area contributed by atoms with Crippen molar-refractivity contribution in [1.29, 1.82) is 0 Å². The molecule has 0 spiro atoms. The molecule has 0 aromatic carbocycles. The van der Waals surface area contributed by atoms with Crippen LogP contribution in [-0.2, 0) is 4.79 Å². The molecule has 0 saturated heterocycles. The Hall–Kier alpha value is -2.45. The van der Waals surface area contributed by atoms with Gasteiger partial charge in [0.15, 0.2) is 0 Å². The van der Waals surface area contributed by atoms with E-state index in [-0.39, 0.29) is 5.92 Å². The van der Waals surface area contributed by atoms with Crippen LogP contribution in [0, 0.1) is 11.7 Å². The third-order valence-corrected chi connectivity index (χ3v) is 1.78. The Morgan fingerprint density at radius 2 is 1.95 bits per heavy atom. The lowest BCUT2D eigenvalue weighted by Gasteiger charge is -2.08. The number of amides is 1. The molecule has 3 N–H and O–H groups in total. The maximum absolute atomic E-state index is 12.8. The summed E-state index contributed by atoms with van der Waals surface area (Å²) >= 11 is 0. The van der Waals surface area contributed by atoms with E-state index < -0.39 is 29.1 Å². The summed E-state index contributed by atoms with van der Waals surface area (Å²) in [7, 11) is 0. The molecule has 0 aliphatic rings. The summed E-state index contributed by atoms with van der Waals surface area (Å²) in [6.07, 6.45) is 0.566. The number of carbonyl (C=O) groups excluding carboxylic acids is 1. The van der Waals surface area contributed by atoms with Crippen LogP contribution in [0.15, 0.2) is 15.8 Å². The van der Waals surface area contributed by atoms with Crippen LogP contribution in [0.5, 0.6) is 0 Å². The number of carbonyl (C=O) groups is 2. The fourth-order valence-electron chi connectivity index (χ4n) is 0.975. The van der Waals surface area contributed by atoms with Gasteiger partial charge in [0.25, 0.3) is 11.5 Å². The standard InChI is InChI=1S/C9H12FN3O3.C2H4O2/c1-5(2)3-11-8(15)13-4-6(10)7(14)12-9(13)16;1-2(3)4/h4-5H,3H2,1-2H3,(H,11,15)(H,12,14,16);1H3,(H,3,4). The van der Waals surface area contributed by atoms with Crippen LogP contribution in [0.1, 0.15) is 20.8 Å². The molecule has 1 rings (SSSR count). The van der Waals surface area contributed by atoms with Gasteiger partial charge in [-0.25, -0.2) is 14.2 Å². The molecule has 0 radical (unpaired) electrons. The maximum Gasteiger partial charge on any atom is 0.336 e. The van der Waals surface area contributed by atoms with Crippen molar-refractivity contribution in [3.05, 3.63) is 32.9 Å². The first kappa shape index (κ1) is 17.6. The number of nitrogens with zero attached hydrogens (tertiary/aromatic N) is 1. The third-order valence-electron chi connectivity index (χ3n) is 1.78. The van der Waals surface area contributed by atoms with Crippen molar-refractivity contribution in [3.8, 4) is 0 Å². The van der Waals surface area contributed by atoms with Gasteiger partial charge >= 0.3 is 11.7 Å². The van der Waals surface area contributed by atoms with Crippen molar-refractivity contribution in [2.75, 3.05) is 6.54 Å². The minimum atomic E-state index is -1.18. The Balaban J connectivity index is 0.000000796. The Kier molecular flexibility index (Phi) is 6.91. The molecule has 0 fully saturated rings. The summed E-state index contributed by atoms with van der Waals surface area (Å²) in [6.45, 7) is 5.18. The van der Waals surface area contributed by atoms with E-state index >= 15 is 0 Å². The first-order chi connectivity index (χ1) is 9.15. The van der Waals surface area contributed by atoms with Gasteiger partial charge in [-0.15, -0.1) is 0 Å². The quantitative estimate of drug-likeness (QED) is 0.706. The van der Waals surface area contributed by atoms with Gasteiger partial charge in [0, 0.05) is 13.5 Å². The van der Waals surface area contributed by atoms with E-state index in [0.717, 1.165) is 6.92 Å². The number of halogens is 1. The van der Waals surface area contributed by atoms with E-state index in [1.54, 1.807) is 4.98 Å². The number of aromatic nitrogens is 2. The minimum absolute atomic E-state index is 0.201. The zero-order valence-corrected chi connectivity index (χ0v) is 11.3. The normalized spacial score (nSPS) is 9.65. The largest absolute Gasteiger partial charge is 0.481 e. The van der Waals surface area contributed by atoms with Crippen LogP contribution in [0.3, 0.4) is 0 Å². The number of aromatic amines is 1. The first-order valence-corrected chi connectivity index (χ1v) is 5.64. The lowest BCUT2D eigenvalue weighted by Crippen LogP contribution is -2.41. The smallest absolute Gasteiger partial charge is 0.336 e. The number of hydrogen-bond donors (Lipinski definition) is 3. The molecule has 0 aliphatic carbocycles. The van der Waals surface area contributed by atoms with E-state index in [1.807, 2.05) is 13.8 Å². The molecule has 20 heavy (non-hydrogen) atoms. The topological polar surface area (TPSA) is 121 Å². The van der Waals surface area contributed by atoms with Gasteiger partial charge in [-0.2, -0.15) is 4.39 Å². The van der Waals surface area contributed by atoms with Crippen molar-refractivity contribution in [2.24, 2.45) is 5.92 Å². The van der Waals surface area contributed by atoms with Crippen LogP contribution < -0.4 is 16.6 Å². The Morgan fingerprint density at radius 1 is 1.45 bits per heavy atom. The van der Waals surface area contributed by atoms with Gasteiger partial charge in [-0.05, 0) is 5.92 Å². The van der Waals surface area contributed by atoms with E-state index in [2.05, 4.69) is 5.32 Å². The fraction of sp³-hybridized carbons (Fsp3) is 0.455. The average molecular weight is 289 g/mol. The molecule has 0 saturated carbocycles. The summed E-state index contributed by atoms with van der Waals surface area (Å²) in [4.78, 5) is 44.0. The van der Waals surface area contributed by atoms with E-state index in [1.165, 1.54) is 0 Å². The lowest BCUT2D eigenvalue weighted by molar-refractivity contribution is -0.134. The first-order valence-electron chi connectivity index (χ1n) is 5.64. The molecule has 1 heterocycles. The number of carboxylic acids is 1. The van der Waals surface area contributed by atoms with Gasteiger partial charge in [-0.3, -0.25) is 14.6 Å². The SMILES string of the molecule is CC(=O)O.CC(C)CNC(=O)n1cc(F)c(=O)[nH]c1=O. The molecule has 8 nitrogen and oxygen atoms in total. The predicted molar refractivity (Wildman–Crippen MR) is 68.2 cm³/mol. The molecule has 1 aromatic rings. The Morgan fingerprint density at radius 3 is 2.40 bits per heavy atom. The van der Waals surface area contributed by atoms with Gasteiger partial charge < -0.3 is 10.4 Å². The number of H-pyrrole nitrogens is 1. The van der Waals surface area contributed by atoms with Crippen LogP contribution >= 0.6 is 0 Å². The molecule has 0 aliphatic heterocycles. The van der Waals surface area contributed by atoms with Gasteiger partial charge in [-0.1, -0.05) is 13.8 Å². The second kappa shape index (κ2) is 7.87. The Bertz CT molecular complexity index is 586. The number of hydrogen-bond acceptors (Lipinski definition) is 4. The fourth-order valence-corrected chi connectivity index (χ4v) is 0.975. The highest BCUT2D eigenvalue weighted by atomic mass is 19.1. The second-order valence-corrected chi connectivity index (χ2v) is 4.21. The number of nitrogens with one attached hydrogen (secondary N) is 2. The number of rotatable bonds is 2. The zero-order valence-electron chi connectivity index (χ0n) is 11.3. The van der Waals surface area contributed by atoms with Crippen LogP contribution in [0.25, 0.3) is 0 Å². The van der Waals surface area contributed by atoms with Crippen molar-refractivity contribution in [2.45, 2.75) is 20.8 Å². The minimum Gasteiger partial charge on any atom is -0.481 e. The molecule has 0 atom stereocenters. The summed E-state index contributed by atoms with van der Waals surface area (Å²) in [5.74, 6) is -1.81.